The van der Waals surface area contributed by atoms with E-state index in [-0.39, 0.29) is 30.2 Å². The summed E-state index contributed by atoms with van der Waals surface area (Å²) in [5.41, 5.74) is 4.23. The van der Waals surface area contributed by atoms with Gasteiger partial charge in [-0.2, -0.15) is 0 Å². The number of nitrogens with zero attached hydrogens (tertiary/aromatic N) is 2. The summed E-state index contributed by atoms with van der Waals surface area (Å²) in [6, 6.07) is 2.84. The normalized spacial score (nSPS) is 35.4. The number of rotatable bonds is 4. The molecule has 3 aliphatic carbocycles. The van der Waals surface area contributed by atoms with Gasteiger partial charge in [0.05, 0.1) is 17.5 Å². The fourth-order valence-corrected chi connectivity index (χ4v) is 7.62. The number of primary amides is 1. The van der Waals surface area contributed by atoms with Crippen molar-refractivity contribution in [2.45, 2.75) is 63.3 Å². The van der Waals surface area contributed by atoms with E-state index in [1.54, 1.807) is 20.2 Å². The predicted octanol–water partition coefficient (Wildman–Crippen LogP) is 0.412. The van der Waals surface area contributed by atoms with E-state index in [0.29, 0.717) is 11.6 Å². The number of likely N-dealkylation sites (tertiary alicyclic amines) is 1. The number of aliphatic hydroxyl groups is 1. The van der Waals surface area contributed by atoms with Crippen LogP contribution in [0.25, 0.3) is 0 Å². The molecule has 38 heavy (non-hydrogen) atoms. The van der Waals surface area contributed by atoms with Gasteiger partial charge in [-0.05, 0) is 83.3 Å². The number of benzene rings is 1. The van der Waals surface area contributed by atoms with Crippen molar-refractivity contribution in [2.24, 2.45) is 29.4 Å². The molecule has 10 heteroatoms. The van der Waals surface area contributed by atoms with Crippen LogP contribution in [0.3, 0.4) is 0 Å². The van der Waals surface area contributed by atoms with Gasteiger partial charge >= 0.3 is 0 Å². The molecule has 1 aromatic carbocycles. The number of aromatic hydroxyl groups is 1. The Hall–Kier alpha value is -2.95. The van der Waals surface area contributed by atoms with Gasteiger partial charge in [-0.3, -0.25) is 33.8 Å². The van der Waals surface area contributed by atoms with E-state index in [0.717, 1.165) is 24.9 Å². The molecule has 3 fully saturated rings. The average molecular weight is 526 g/mol. The van der Waals surface area contributed by atoms with E-state index in [1.807, 2.05) is 6.07 Å². The van der Waals surface area contributed by atoms with Crippen molar-refractivity contribution in [1.82, 2.24) is 9.80 Å². The van der Waals surface area contributed by atoms with Crippen molar-refractivity contribution in [3.8, 4) is 5.75 Å². The molecule has 5 rings (SSSR count). The van der Waals surface area contributed by atoms with Gasteiger partial charge in [0.1, 0.15) is 5.75 Å². The maximum Gasteiger partial charge on any atom is 0.235 e. The van der Waals surface area contributed by atoms with Crippen LogP contribution in [-0.2, 0) is 25.6 Å². The van der Waals surface area contributed by atoms with Crippen LogP contribution in [0.15, 0.2) is 12.1 Å². The molecule has 4 aliphatic rings. The number of nitrogens with two attached hydrogens (primary N) is 1. The molecule has 7 atom stereocenters. The number of Topliss-reactive ketones (excluding diaryl/α,β-unsaturated/α-hetero) is 4. The first-order valence-electron chi connectivity index (χ1n) is 13.3. The quantitative estimate of drug-likeness (QED) is 0.474. The van der Waals surface area contributed by atoms with E-state index in [2.05, 4.69) is 18.7 Å². The highest BCUT2D eigenvalue weighted by molar-refractivity contribution is 6.32. The molecule has 0 spiro atoms. The second-order valence-electron chi connectivity index (χ2n) is 11.9. The number of fused-ring (bicyclic) bond motifs is 3. The zero-order valence-electron chi connectivity index (χ0n) is 22.1. The van der Waals surface area contributed by atoms with Gasteiger partial charge in [0.25, 0.3) is 0 Å². The first kappa shape index (κ1) is 26.6. The SMILES string of the molecule is CC(C)N1CCCC1c1cc(O)c2c(c1)CC1CC3C(N(C)C)C(=O)C(C(N)=O)C(=O)C3(O)C(=O)C1C2=O. The van der Waals surface area contributed by atoms with Crippen LogP contribution in [-0.4, -0.2) is 87.4 Å². The number of hydrogen-bond acceptors (Lipinski definition) is 9. The monoisotopic (exact) mass is 525 g/mol. The number of carbonyl (C=O) groups excluding carboxylic acids is 5. The molecule has 1 aliphatic heterocycles. The maximum absolute atomic E-state index is 13.8. The molecular formula is C28H35N3O7. The summed E-state index contributed by atoms with van der Waals surface area (Å²) in [7, 11) is 3.14. The van der Waals surface area contributed by atoms with E-state index >= 15 is 0 Å². The summed E-state index contributed by atoms with van der Waals surface area (Å²) in [5.74, 6) is -10.2. The van der Waals surface area contributed by atoms with Gasteiger partial charge in [0.2, 0.25) is 5.91 Å². The third kappa shape index (κ3) is 3.60. The Morgan fingerprint density at radius 3 is 2.45 bits per heavy atom. The zero-order chi connectivity index (χ0) is 27.8. The zero-order valence-corrected chi connectivity index (χ0v) is 22.1. The Morgan fingerprint density at radius 2 is 1.84 bits per heavy atom. The van der Waals surface area contributed by atoms with Crippen LogP contribution < -0.4 is 5.73 Å². The molecule has 1 heterocycles. The van der Waals surface area contributed by atoms with Gasteiger partial charge in [-0.15, -0.1) is 0 Å². The van der Waals surface area contributed by atoms with Crippen molar-refractivity contribution in [1.29, 1.82) is 0 Å². The lowest BCUT2D eigenvalue weighted by Crippen LogP contribution is -2.74. The summed E-state index contributed by atoms with van der Waals surface area (Å²) >= 11 is 0. The lowest BCUT2D eigenvalue weighted by Gasteiger charge is -2.52. The molecule has 204 valence electrons. The largest absolute Gasteiger partial charge is 0.507 e. The van der Waals surface area contributed by atoms with Crippen molar-refractivity contribution >= 4 is 29.0 Å². The number of phenolic OH excluding ortho intramolecular Hbond substituents is 1. The molecule has 0 radical (unpaired) electrons. The highest BCUT2D eigenvalue weighted by atomic mass is 16.3. The molecule has 4 N–H and O–H groups in total. The topological polar surface area (TPSA) is 158 Å². The Kier molecular flexibility index (Phi) is 6.36. The molecular weight excluding hydrogens is 490 g/mol. The van der Waals surface area contributed by atoms with Crippen LogP contribution in [0.2, 0.25) is 0 Å². The minimum atomic E-state index is -2.70. The minimum absolute atomic E-state index is 0.0365. The number of amides is 1. The number of carbonyl (C=O) groups is 5. The van der Waals surface area contributed by atoms with Gasteiger partial charge in [-0.25, -0.2) is 0 Å². The third-order valence-corrected chi connectivity index (χ3v) is 9.23. The van der Waals surface area contributed by atoms with Crippen molar-refractivity contribution in [3.63, 3.8) is 0 Å². The Bertz CT molecular complexity index is 1260. The van der Waals surface area contributed by atoms with Crippen LogP contribution in [0.1, 0.15) is 60.6 Å². The first-order valence-corrected chi connectivity index (χ1v) is 13.3. The van der Waals surface area contributed by atoms with Crippen molar-refractivity contribution < 1.29 is 34.2 Å². The van der Waals surface area contributed by atoms with Crippen LogP contribution in [0, 0.1) is 23.7 Å². The molecule has 7 unspecified atom stereocenters. The van der Waals surface area contributed by atoms with Crippen LogP contribution in [0.5, 0.6) is 5.75 Å². The fourth-order valence-electron chi connectivity index (χ4n) is 7.62. The molecule has 1 saturated heterocycles. The number of phenols is 1. The highest BCUT2D eigenvalue weighted by Crippen LogP contribution is 2.51. The number of likely N-dealkylation sites (N-methyl/N-ethyl adjacent to an activating group) is 1. The third-order valence-electron chi connectivity index (χ3n) is 9.23. The first-order chi connectivity index (χ1) is 17.8. The maximum atomic E-state index is 13.8. The lowest BCUT2D eigenvalue weighted by atomic mass is 9.52. The fraction of sp³-hybridized carbons (Fsp3) is 0.607. The van der Waals surface area contributed by atoms with Gasteiger partial charge in [0, 0.05) is 18.0 Å². The van der Waals surface area contributed by atoms with Crippen molar-refractivity contribution in [2.75, 3.05) is 20.6 Å². The Labute approximate surface area is 221 Å². The second kappa shape index (κ2) is 9.07. The molecule has 0 aromatic heterocycles. The molecule has 1 amide bonds. The van der Waals surface area contributed by atoms with Gasteiger partial charge in [-0.1, -0.05) is 6.07 Å². The molecule has 1 aromatic rings. The molecule has 10 nitrogen and oxygen atoms in total. The standard InChI is InChI=1S/C28H35N3O7/c1-12(2)31-7-5-6-17(31)13-8-14-9-15-10-16-22(30(3)4)24(34)21(27(29)37)26(36)28(16,38)25(35)20(15)23(33)19(14)18(32)11-13/h8,11-12,15-17,20-22,32,38H,5-7,9-10H2,1-4H3,(H2,29,37). The van der Waals surface area contributed by atoms with E-state index < -0.39 is 64.4 Å². The van der Waals surface area contributed by atoms with E-state index in [4.69, 9.17) is 5.73 Å². The van der Waals surface area contributed by atoms with Gasteiger partial charge in [0.15, 0.2) is 34.7 Å². The smallest absolute Gasteiger partial charge is 0.235 e. The Balaban J connectivity index is 1.58. The molecule has 2 saturated carbocycles. The summed E-state index contributed by atoms with van der Waals surface area (Å²) in [6.07, 6.45) is 2.29. The summed E-state index contributed by atoms with van der Waals surface area (Å²) in [5, 5.41) is 22.6. The molecule has 0 bridgehead atoms. The Morgan fingerprint density at radius 1 is 1.16 bits per heavy atom. The number of ketones is 4. The van der Waals surface area contributed by atoms with E-state index in [1.165, 1.54) is 4.90 Å². The lowest BCUT2D eigenvalue weighted by molar-refractivity contribution is -0.181. The van der Waals surface area contributed by atoms with Crippen LogP contribution >= 0.6 is 0 Å². The highest BCUT2D eigenvalue weighted by Gasteiger charge is 2.69. The van der Waals surface area contributed by atoms with E-state index in [9.17, 15) is 34.2 Å². The second-order valence-corrected chi connectivity index (χ2v) is 11.9. The summed E-state index contributed by atoms with van der Waals surface area (Å²) in [6.45, 7) is 5.19. The predicted molar refractivity (Wildman–Crippen MR) is 135 cm³/mol. The minimum Gasteiger partial charge on any atom is -0.507 e. The van der Waals surface area contributed by atoms with Crippen LogP contribution in [0.4, 0.5) is 0 Å². The summed E-state index contributed by atoms with van der Waals surface area (Å²) in [4.78, 5) is 69.9. The van der Waals surface area contributed by atoms with Gasteiger partial charge < -0.3 is 15.9 Å². The number of hydrogen-bond donors (Lipinski definition) is 3. The van der Waals surface area contributed by atoms with Crippen molar-refractivity contribution in [3.05, 3.63) is 28.8 Å². The summed E-state index contributed by atoms with van der Waals surface area (Å²) < 4.78 is 0. The average Bonchev–Trinajstić information content (AvgIpc) is 3.31.